The van der Waals surface area contributed by atoms with E-state index in [2.05, 4.69) is 58.4 Å². The van der Waals surface area contributed by atoms with Gasteiger partial charge in [0.2, 0.25) is 0 Å². The molecule has 0 amide bonds. The van der Waals surface area contributed by atoms with Gasteiger partial charge in [-0.25, -0.2) is 4.98 Å². The van der Waals surface area contributed by atoms with Crippen LogP contribution in [0.2, 0.25) is 0 Å². The van der Waals surface area contributed by atoms with Crippen LogP contribution in [0.1, 0.15) is 5.56 Å². The Balaban J connectivity index is 1.88. The highest BCUT2D eigenvalue weighted by Crippen LogP contribution is 2.37. The maximum Gasteiger partial charge on any atom is 0.134 e. The number of thiophene rings is 1. The summed E-state index contributed by atoms with van der Waals surface area (Å²) < 4.78 is 2.58. The van der Waals surface area contributed by atoms with E-state index in [9.17, 15) is 0 Å². The highest BCUT2D eigenvalue weighted by molar-refractivity contribution is 9.08. The number of para-hydroxylation sites is 1. The molecule has 0 saturated carbocycles. The van der Waals surface area contributed by atoms with Crippen molar-refractivity contribution in [3.8, 4) is 9.88 Å². The van der Waals surface area contributed by atoms with Gasteiger partial charge in [0.25, 0.3) is 0 Å². The predicted octanol–water partition coefficient (Wildman–Crippen LogP) is 6.07. The summed E-state index contributed by atoms with van der Waals surface area (Å²) >= 11 is 7.10. The minimum Gasteiger partial charge on any atom is -0.235 e. The Labute approximate surface area is 133 Å². The molecule has 0 radical (unpaired) electrons. The summed E-state index contributed by atoms with van der Waals surface area (Å²) in [4.78, 5) is 6.00. The number of nitrogens with zero attached hydrogens (tertiary/aromatic N) is 1. The fourth-order valence-electron chi connectivity index (χ4n) is 2.24. The SMILES string of the molecule is BrCc1ccc2cc(-c3nc4ccccc4s3)sc2c1. The first-order valence-electron chi connectivity index (χ1n) is 6.28. The smallest absolute Gasteiger partial charge is 0.134 e. The molecule has 0 aliphatic heterocycles. The number of fused-ring (bicyclic) bond motifs is 2. The third-order valence-corrected chi connectivity index (χ3v) is 6.19. The van der Waals surface area contributed by atoms with Crippen molar-refractivity contribution < 1.29 is 0 Å². The van der Waals surface area contributed by atoms with E-state index in [1.54, 1.807) is 11.3 Å². The Hall–Kier alpha value is -1.23. The van der Waals surface area contributed by atoms with Crippen LogP contribution < -0.4 is 0 Å². The van der Waals surface area contributed by atoms with Crippen LogP contribution >= 0.6 is 38.6 Å². The zero-order valence-electron chi connectivity index (χ0n) is 10.5. The number of thiazole rings is 1. The number of hydrogen-bond donors (Lipinski definition) is 0. The molecule has 0 aliphatic carbocycles. The maximum atomic E-state index is 4.74. The van der Waals surface area contributed by atoms with Gasteiger partial charge in [-0.2, -0.15) is 0 Å². The Morgan fingerprint density at radius 3 is 2.70 bits per heavy atom. The second-order valence-electron chi connectivity index (χ2n) is 4.60. The van der Waals surface area contributed by atoms with Gasteiger partial charge in [-0.15, -0.1) is 22.7 Å². The van der Waals surface area contributed by atoms with Crippen molar-refractivity contribution in [3.05, 3.63) is 54.1 Å². The molecule has 2 aromatic carbocycles. The standard InChI is InChI=1S/C16H10BrNS2/c17-9-10-5-6-11-8-15(19-14(11)7-10)16-18-12-3-1-2-4-13(12)20-16/h1-8H,9H2. The van der Waals surface area contributed by atoms with Gasteiger partial charge in [-0.1, -0.05) is 40.2 Å². The number of benzene rings is 2. The molecule has 0 saturated heterocycles. The van der Waals surface area contributed by atoms with Crippen molar-refractivity contribution in [3.63, 3.8) is 0 Å². The van der Waals surface area contributed by atoms with E-state index in [4.69, 9.17) is 4.98 Å². The van der Waals surface area contributed by atoms with E-state index in [1.165, 1.54) is 25.2 Å². The molecule has 1 nitrogen and oxygen atoms in total. The van der Waals surface area contributed by atoms with Gasteiger partial charge in [-0.3, -0.25) is 0 Å². The first-order chi connectivity index (χ1) is 9.83. The van der Waals surface area contributed by atoms with E-state index in [1.807, 2.05) is 17.4 Å². The predicted molar refractivity (Wildman–Crippen MR) is 93.1 cm³/mol. The molecule has 4 rings (SSSR count). The summed E-state index contributed by atoms with van der Waals surface area (Å²) in [5.41, 5.74) is 2.40. The summed E-state index contributed by atoms with van der Waals surface area (Å²) in [6, 6.07) is 17.2. The third-order valence-electron chi connectivity index (χ3n) is 3.24. The Kier molecular flexibility index (Phi) is 3.10. The van der Waals surface area contributed by atoms with E-state index < -0.39 is 0 Å². The fourth-order valence-corrected chi connectivity index (χ4v) is 4.73. The summed E-state index contributed by atoms with van der Waals surface area (Å²) in [5.74, 6) is 0. The maximum absolute atomic E-state index is 4.74. The number of alkyl halides is 1. The Bertz CT molecular complexity index is 874. The van der Waals surface area contributed by atoms with Gasteiger partial charge in [-0.05, 0) is 35.2 Å². The topological polar surface area (TPSA) is 12.9 Å². The van der Waals surface area contributed by atoms with Crippen molar-refractivity contribution in [1.29, 1.82) is 0 Å². The lowest BCUT2D eigenvalue weighted by Gasteiger charge is -1.93. The molecule has 0 unspecified atom stereocenters. The van der Waals surface area contributed by atoms with E-state index in [0.29, 0.717) is 0 Å². The van der Waals surface area contributed by atoms with Crippen molar-refractivity contribution >= 4 is 58.9 Å². The minimum absolute atomic E-state index is 0.900. The number of rotatable bonds is 2. The second kappa shape index (κ2) is 4.95. The first-order valence-corrected chi connectivity index (χ1v) is 9.03. The number of hydrogen-bond acceptors (Lipinski definition) is 3. The molecule has 20 heavy (non-hydrogen) atoms. The van der Waals surface area contributed by atoms with E-state index in [0.717, 1.165) is 15.9 Å². The molecule has 0 atom stereocenters. The van der Waals surface area contributed by atoms with E-state index in [-0.39, 0.29) is 0 Å². The molecule has 0 aliphatic rings. The van der Waals surface area contributed by atoms with Crippen molar-refractivity contribution in [1.82, 2.24) is 4.98 Å². The lowest BCUT2D eigenvalue weighted by Crippen LogP contribution is -1.73. The molecular formula is C16H10BrNS2. The second-order valence-corrected chi connectivity index (χ2v) is 7.28. The molecule has 4 heteroatoms. The zero-order chi connectivity index (χ0) is 13.5. The van der Waals surface area contributed by atoms with Gasteiger partial charge in [0.15, 0.2) is 0 Å². The number of halogens is 1. The molecule has 2 heterocycles. The highest BCUT2D eigenvalue weighted by atomic mass is 79.9. The summed E-state index contributed by atoms with van der Waals surface area (Å²) in [7, 11) is 0. The monoisotopic (exact) mass is 359 g/mol. The molecule has 2 aromatic heterocycles. The van der Waals surface area contributed by atoms with Crippen LogP contribution in [0.5, 0.6) is 0 Å². The van der Waals surface area contributed by atoms with Gasteiger partial charge in [0.1, 0.15) is 5.01 Å². The van der Waals surface area contributed by atoms with Crippen LogP contribution in [0.4, 0.5) is 0 Å². The molecule has 0 N–H and O–H groups in total. The van der Waals surface area contributed by atoms with Crippen LogP contribution in [-0.4, -0.2) is 4.98 Å². The fraction of sp³-hybridized carbons (Fsp3) is 0.0625. The lowest BCUT2D eigenvalue weighted by molar-refractivity contribution is 1.47. The van der Waals surface area contributed by atoms with Gasteiger partial charge in [0, 0.05) is 10.0 Å². The normalized spacial score (nSPS) is 11.4. The van der Waals surface area contributed by atoms with Crippen molar-refractivity contribution in [2.24, 2.45) is 0 Å². The zero-order valence-corrected chi connectivity index (χ0v) is 13.7. The summed E-state index contributed by atoms with van der Waals surface area (Å²) in [5, 5.41) is 3.32. The van der Waals surface area contributed by atoms with Gasteiger partial charge < -0.3 is 0 Å². The van der Waals surface area contributed by atoms with Crippen molar-refractivity contribution in [2.45, 2.75) is 5.33 Å². The van der Waals surface area contributed by atoms with Gasteiger partial charge in [0.05, 0.1) is 15.1 Å². The van der Waals surface area contributed by atoms with E-state index >= 15 is 0 Å². The Morgan fingerprint density at radius 2 is 1.85 bits per heavy atom. The van der Waals surface area contributed by atoms with Crippen LogP contribution in [0.15, 0.2) is 48.5 Å². The molecule has 4 aromatic rings. The van der Waals surface area contributed by atoms with Crippen molar-refractivity contribution in [2.75, 3.05) is 0 Å². The quantitative estimate of drug-likeness (QED) is 0.395. The molecular weight excluding hydrogens is 350 g/mol. The van der Waals surface area contributed by atoms with Crippen LogP contribution in [-0.2, 0) is 5.33 Å². The summed E-state index contributed by atoms with van der Waals surface area (Å²) in [6.45, 7) is 0. The third kappa shape index (κ3) is 2.08. The van der Waals surface area contributed by atoms with Gasteiger partial charge >= 0.3 is 0 Å². The average molecular weight is 360 g/mol. The first kappa shape index (κ1) is 12.5. The molecule has 98 valence electrons. The number of aromatic nitrogens is 1. The minimum atomic E-state index is 0.900. The Morgan fingerprint density at radius 1 is 0.950 bits per heavy atom. The molecule has 0 fully saturated rings. The highest BCUT2D eigenvalue weighted by Gasteiger charge is 2.09. The van der Waals surface area contributed by atoms with Crippen LogP contribution in [0.3, 0.4) is 0 Å². The lowest BCUT2D eigenvalue weighted by atomic mass is 10.2. The molecule has 0 spiro atoms. The largest absolute Gasteiger partial charge is 0.235 e. The van der Waals surface area contributed by atoms with Crippen LogP contribution in [0, 0.1) is 0 Å². The molecule has 0 bridgehead atoms. The van der Waals surface area contributed by atoms with Crippen LogP contribution in [0.25, 0.3) is 30.2 Å². The summed E-state index contributed by atoms with van der Waals surface area (Å²) in [6.07, 6.45) is 0. The average Bonchev–Trinajstić information content (AvgIpc) is 3.09.